The lowest BCUT2D eigenvalue weighted by atomic mass is 10.2. The third kappa shape index (κ3) is 2.69. The van der Waals surface area contributed by atoms with E-state index in [0.717, 1.165) is 43.8 Å². The fourth-order valence-corrected chi connectivity index (χ4v) is 3.87. The molecule has 122 valence electrons. The number of nitrogens with zero attached hydrogens (tertiary/aromatic N) is 3. The third-order valence-corrected chi connectivity index (χ3v) is 5.16. The standard InChI is InChI=1S/C18H23N3O2/c1-12-9-13(2)21(19-12)11-14-5-3-7-20(14)18(22)16-10-15(16)17-6-4-8-23-17/h4,6,8-9,14-16H,3,5,7,10-11H2,1-2H3/t14-,15+,16+/m0/s1. The first-order chi connectivity index (χ1) is 11.1. The Kier molecular flexibility index (Phi) is 3.51. The van der Waals surface area contributed by atoms with Gasteiger partial charge in [0, 0.05) is 24.1 Å². The number of rotatable bonds is 4. The minimum absolute atomic E-state index is 0.113. The van der Waals surface area contributed by atoms with Gasteiger partial charge in [-0.2, -0.15) is 5.10 Å². The number of amides is 1. The maximum absolute atomic E-state index is 12.9. The van der Waals surface area contributed by atoms with E-state index < -0.39 is 0 Å². The van der Waals surface area contributed by atoms with E-state index in [2.05, 4.69) is 23.0 Å². The summed E-state index contributed by atoms with van der Waals surface area (Å²) in [6.07, 6.45) is 4.78. The van der Waals surface area contributed by atoms with Crippen molar-refractivity contribution in [2.75, 3.05) is 6.54 Å². The third-order valence-electron chi connectivity index (χ3n) is 5.16. The number of carbonyl (C=O) groups is 1. The monoisotopic (exact) mass is 313 g/mol. The summed E-state index contributed by atoms with van der Waals surface area (Å²) in [5, 5.41) is 4.55. The Morgan fingerprint density at radius 2 is 2.30 bits per heavy atom. The van der Waals surface area contributed by atoms with E-state index in [0.29, 0.717) is 5.91 Å². The van der Waals surface area contributed by atoms with Crippen molar-refractivity contribution >= 4 is 5.91 Å². The Hall–Kier alpha value is -2.04. The number of aromatic nitrogens is 2. The average molecular weight is 313 g/mol. The molecule has 1 amide bonds. The molecule has 0 N–H and O–H groups in total. The highest BCUT2D eigenvalue weighted by Crippen LogP contribution is 2.49. The van der Waals surface area contributed by atoms with Gasteiger partial charge in [0.25, 0.3) is 0 Å². The van der Waals surface area contributed by atoms with E-state index >= 15 is 0 Å². The summed E-state index contributed by atoms with van der Waals surface area (Å²) in [7, 11) is 0. The molecular formula is C18H23N3O2. The van der Waals surface area contributed by atoms with Crippen molar-refractivity contribution in [2.24, 2.45) is 5.92 Å². The molecular weight excluding hydrogens is 290 g/mol. The van der Waals surface area contributed by atoms with E-state index in [4.69, 9.17) is 4.42 Å². The minimum Gasteiger partial charge on any atom is -0.469 e. The van der Waals surface area contributed by atoms with Crippen LogP contribution in [0.15, 0.2) is 28.9 Å². The van der Waals surface area contributed by atoms with Crippen molar-refractivity contribution in [3.63, 3.8) is 0 Å². The quantitative estimate of drug-likeness (QED) is 0.872. The molecule has 0 unspecified atom stereocenters. The van der Waals surface area contributed by atoms with Crippen LogP contribution in [0.2, 0.25) is 0 Å². The normalized spacial score (nSPS) is 26.7. The van der Waals surface area contributed by atoms with Gasteiger partial charge in [-0.3, -0.25) is 9.48 Å². The SMILES string of the molecule is Cc1cc(C)n(C[C@@H]2CCCN2C(=O)[C@@H]2C[C@H]2c2ccco2)n1. The molecule has 0 spiro atoms. The Labute approximate surface area is 136 Å². The van der Waals surface area contributed by atoms with Crippen molar-refractivity contribution in [2.45, 2.75) is 51.6 Å². The van der Waals surface area contributed by atoms with Crippen LogP contribution in [-0.2, 0) is 11.3 Å². The predicted molar refractivity (Wildman–Crippen MR) is 86.0 cm³/mol. The molecule has 0 radical (unpaired) electrons. The van der Waals surface area contributed by atoms with Crippen LogP contribution in [0.25, 0.3) is 0 Å². The fraction of sp³-hybridized carbons (Fsp3) is 0.556. The summed E-state index contributed by atoms with van der Waals surface area (Å²) in [5.74, 6) is 1.66. The van der Waals surface area contributed by atoms with Gasteiger partial charge in [-0.25, -0.2) is 0 Å². The lowest BCUT2D eigenvalue weighted by molar-refractivity contribution is -0.133. The van der Waals surface area contributed by atoms with E-state index in [1.165, 1.54) is 5.69 Å². The second-order valence-electron chi connectivity index (χ2n) is 6.90. The smallest absolute Gasteiger partial charge is 0.226 e. The molecule has 23 heavy (non-hydrogen) atoms. The molecule has 2 aromatic heterocycles. The van der Waals surface area contributed by atoms with Gasteiger partial charge < -0.3 is 9.32 Å². The van der Waals surface area contributed by atoms with Crippen molar-refractivity contribution in [3.8, 4) is 0 Å². The van der Waals surface area contributed by atoms with Crippen LogP contribution in [0.3, 0.4) is 0 Å². The topological polar surface area (TPSA) is 51.3 Å². The molecule has 2 fully saturated rings. The van der Waals surface area contributed by atoms with Crippen molar-refractivity contribution in [1.82, 2.24) is 14.7 Å². The lowest BCUT2D eigenvalue weighted by Crippen LogP contribution is -2.39. The molecule has 0 aromatic carbocycles. The Bertz CT molecular complexity index is 704. The minimum atomic E-state index is 0.113. The average Bonchev–Trinajstić information content (AvgIpc) is 2.90. The predicted octanol–water partition coefficient (Wildman–Crippen LogP) is 2.89. The largest absolute Gasteiger partial charge is 0.469 e. The van der Waals surface area contributed by atoms with Gasteiger partial charge in [0.1, 0.15) is 5.76 Å². The zero-order chi connectivity index (χ0) is 16.0. The summed E-state index contributed by atoms with van der Waals surface area (Å²) >= 11 is 0. The number of aryl methyl sites for hydroxylation is 2. The molecule has 2 aromatic rings. The fourth-order valence-electron chi connectivity index (χ4n) is 3.87. The molecule has 5 nitrogen and oxygen atoms in total. The Morgan fingerprint density at radius 1 is 1.43 bits per heavy atom. The number of likely N-dealkylation sites (tertiary alicyclic amines) is 1. The van der Waals surface area contributed by atoms with Crippen LogP contribution >= 0.6 is 0 Å². The molecule has 4 rings (SSSR count). The Balaban J connectivity index is 1.44. The number of carbonyl (C=O) groups excluding carboxylic acids is 1. The van der Waals surface area contributed by atoms with Crippen LogP contribution in [-0.4, -0.2) is 33.2 Å². The van der Waals surface area contributed by atoms with Crippen LogP contribution in [0.4, 0.5) is 0 Å². The van der Waals surface area contributed by atoms with E-state index in [9.17, 15) is 4.79 Å². The summed E-state index contributed by atoms with van der Waals surface area (Å²) in [4.78, 5) is 14.9. The molecule has 1 aliphatic heterocycles. The molecule has 1 saturated heterocycles. The van der Waals surface area contributed by atoms with Gasteiger partial charge in [0.15, 0.2) is 0 Å². The molecule has 3 atom stereocenters. The second-order valence-corrected chi connectivity index (χ2v) is 6.90. The van der Waals surface area contributed by atoms with Crippen LogP contribution in [0, 0.1) is 19.8 Å². The van der Waals surface area contributed by atoms with Gasteiger partial charge in [-0.15, -0.1) is 0 Å². The van der Waals surface area contributed by atoms with E-state index in [-0.39, 0.29) is 17.9 Å². The number of hydrogen-bond donors (Lipinski definition) is 0. The Morgan fingerprint density at radius 3 is 3.00 bits per heavy atom. The highest BCUT2D eigenvalue weighted by molar-refractivity contribution is 5.83. The van der Waals surface area contributed by atoms with Gasteiger partial charge in [0.05, 0.1) is 24.5 Å². The van der Waals surface area contributed by atoms with Crippen molar-refractivity contribution < 1.29 is 9.21 Å². The first-order valence-electron chi connectivity index (χ1n) is 8.48. The van der Waals surface area contributed by atoms with Gasteiger partial charge >= 0.3 is 0 Å². The van der Waals surface area contributed by atoms with E-state index in [1.807, 2.05) is 23.7 Å². The van der Waals surface area contributed by atoms with Crippen LogP contribution in [0.5, 0.6) is 0 Å². The second kappa shape index (κ2) is 5.55. The first-order valence-corrected chi connectivity index (χ1v) is 8.48. The van der Waals surface area contributed by atoms with Gasteiger partial charge in [0.2, 0.25) is 5.91 Å². The van der Waals surface area contributed by atoms with Gasteiger partial charge in [-0.1, -0.05) is 0 Å². The summed E-state index contributed by atoms with van der Waals surface area (Å²) in [6, 6.07) is 6.25. The highest BCUT2D eigenvalue weighted by Gasteiger charge is 2.49. The zero-order valence-electron chi connectivity index (χ0n) is 13.7. The summed E-state index contributed by atoms with van der Waals surface area (Å²) < 4.78 is 7.50. The molecule has 5 heteroatoms. The van der Waals surface area contributed by atoms with Gasteiger partial charge in [-0.05, 0) is 51.3 Å². The molecule has 2 aliphatic rings. The maximum Gasteiger partial charge on any atom is 0.226 e. The van der Waals surface area contributed by atoms with Crippen molar-refractivity contribution in [1.29, 1.82) is 0 Å². The molecule has 3 heterocycles. The first kappa shape index (κ1) is 14.5. The lowest BCUT2D eigenvalue weighted by Gasteiger charge is -2.25. The zero-order valence-corrected chi connectivity index (χ0v) is 13.7. The molecule has 1 saturated carbocycles. The van der Waals surface area contributed by atoms with E-state index in [1.54, 1.807) is 6.26 Å². The van der Waals surface area contributed by atoms with Crippen molar-refractivity contribution in [3.05, 3.63) is 41.6 Å². The van der Waals surface area contributed by atoms with Crippen LogP contribution in [0.1, 0.15) is 42.3 Å². The molecule has 1 aliphatic carbocycles. The number of hydrogen-bond acceptors (Lipinski definition) is 3. The highest BCUT2D eigenvalue weighted by atomic mass is 16.3. The van der Waals surface area contributed by atoms with Crippen LogP contribution < -0.4 is 0 Å². The maximum atomic E-state index is 12.9. The summed E-state index contributed by atoms with van der Waals surface area (Å²) in [5.41, 5.74) is 2.21. The summed E-state index contributed by atoms with van der Waals surface area (Å²) in [6.45, 7) is 5.78. The molecule has 0 bridgehead atoms. The number of furan rings is 1.